The van der Waals surface area contributed by atoms with E-state index in [0.717, 1.165) is 38.5 Å². The fourth-order valence-corrected chi connectivity index (χ4v) is 2.94. The number of nitrogens with zero attached hydrogens (tertiary/aromatic N) is 1. The Balaban J connectivity index is 2.06. The first kappa shape index (κ1) is 10.9. The fourth-order valence-electron chi connectivity index (χ4n) is 2.94. The Hall–Kier alpha value is -0.590. The Morgan fingerprint density at radius 3 is 2.87 bits per heavy atom. The standard InChI is InChI=1S/C12H19NO2/c1-2-3-4-10(14)12(8-13)7-9-5-6-11(12)15-9/h9-11,14H,2-7H2,1H3. The molecule has 3 heteroatoms. The van der Waals surface area contributed by atoms with E-state index in [-0.39, 0.29) is 12.2 Å². The molecule has 4 unspecified atom stereocenters. The summed E-state index contributed by atoms with van der Waals surface area (Å²) in [5.41, 5.74) is -0.599. The van der Waals surface area contributed by atoms with Gasteiger partial charge in [-0.15, -0.1) is 0 Å². The quantitative estimate of drug-likeness (QED) is 0.770. The van der Waals surface area contributed by atoms with Gasteiger partial charge in [0.15, 0.2) is 0 Å². The lowest BCUT2D eigenvalue weighted by molar-refractivity contribution is -0.000349. The predicted octanol–water partition coefficient (Wildman–Crippen LogP) is 2.00. The largest absolute Gasteiger partial charge is 0.391 e. The number of hydrogen-bond acceptors (Lipinski definition) is 3. The zero-order chi connectivity index (χ0) is 10.9. The molecular weight excluding hydrogens is 190 g/mol. The van der Waals surface area contributed by atoms with Crippen LogP contribution in [0, 0.1) is 16.7 Å². The van der Waals surface area contributed by atoms with Gasteiger partial charge in [0, 0.05) is 0 Å². The number of rotatable bonds is 4. The van der Waals surface area contributed by atoms with Crippen molar-refractivity contribution in [2.45, 2.75) is 63.8 Å². The van der Waals surface area contributed by atoms with Crippen molar-refractivity contribution in [3.05, 3.63) is 0 Å². The van der Waals surface area contributed by atoms with Crippen molar-refractivity contribution < 1.29 is 9.84 Å². The van der Waals surface area contributed by atoms with Crippen LogP contribution in [0.15, 0.2) is 0 Å². The molecule has 2 rings (SSSR count). The lowest BCUT2D eigenvalue weighted by Crippen LogP contribution is -2.42. The zero-order valence-electron chi connectivity index (χ0n) is 9.28. The molecule has 0 spiro atoms. The molecule has 2 saturated heterocycles. The fraction of sp³-hybridized carbons (Fsp3) is 0.917. The Kier molecular flexibility index (Phi) is 2.99. The summed E-state index contributed by atoms with van der Waals surface area (Å²) in [4.78, 5) is 0. The van der Waals surface area contributed by atoms with Crippen molar-refractivity contribution in [3.8, 4) is 6.07 Å². The molecule has 4 atom stereocenters. The molecule has 2 fully saturated rings. The van der Waals surface area contributed by atoms with Crippen LogP contribution in [0.4, 0.5) is 0 Å². The van der Waals surface area contributed by atoms with E-state index >= 15 is 0 Å². The van der Waals surface area contributed by atoms with Crippen LogP contribution in [0.1, 0.15) is 45.4 Å². The van der Waals surface area contributed by atoms with Crippen molar-refractivity contribution in [3.63, 3.8) is 0 Å². The van der Waals surface area contributed by atoms with Gasteiger partial charge in [0.05, 0.1) is 24.4 Å². The summed E-state index contributed by atoms with van der Waals surface area (Å²) in [6.45, 7) is 2.10. The zero-order valence-corrected chi connectivity index (χ0v) is 9.28. The van der Waals surface area contributed by atoms with E-state index in [1.165, 1.54) is 0 Å². The van der Waals surface area contributed by atoms with Crippen LogP contribution in [0.25, 0.3) is 0 Å². The van der Waals surface area contributed by atoms with Crippen molar-refractivity contribution in [2.24, 2.45) is 5.41 Å². The number of ether oxygens (including phenoxy) is 1. The van der Waals surface area contributed by atoms with Crippen LogP contribution >= 0.6 is 0 Å². The smallest absolute Gasteiger partial charge is 0.112 e. The van der Waals surface area contributed by atoms with E-state index < -0.39 is 11.5 Å². The Morgan fingerprint density at radius 2 is 2.40 bits per heavy atom. The minimum absolute atomic E-state index is 0.0145. The summed E-state index contributed by atoms with van der Waals surface area (Å²) in [5, 5.41) is 19.5. The van der Waals surface area contributed by atoms with Crippen molar-refractivity contribution in [1.82, 2.24) is 0 Å². The third-order valence-electron chi connectivity index (χ3n) is 3.88. The number of aliphatic hydroxyl groups excluding tert-OH is 1. The van der Waals surface area contributed by atoms with Crippen LogP contribution in [0.5, 0.6) is 0 Å². The highest BCUT2D eigenvalue weighted by molar-refractivity contribution is 5.15. The Morgan fingerprint density at radius 1 is 1.60 bits per heavy atom. The van der Waals surface area contributed by atoms with Gasteiger partial charge >= 0.3 is 0 Å². The maximum absolute atomic E-state index is 10.2. The highest BCUT2D eigenvalue weighted by atomic mass is 16.5. The highest BCUT2D eigenvalue weighted by Crippen LogP contribution is 2.50. The molecule has 3 nitrogen and oxygen atoms in total. The van der Waals surface area contributed by atoms with Gasteiger partial charge in [-0.25, -0.2) is 0 Å². The number of unbranched alkanes of at least 4 members (excludes halogenated alkanes) is 1. The lowest BCUT2D eigenvalue weighted by atomic mass is 9.70. The molecule has 0 aromatic carbocycles. The molecule has 2 heterocycles. The first-order chi connectivity index (χ1) is 7.23. The molecular formula is C12H19NO2. The van der Waals surface area contributed by atoms with E-state index in [4.69, 9.17) is 4.74 Å². The second-order valence-corrected chi connectivity index (χ2v) is 4.84. The van der Waals surface area contributed by atoms with E-state index in [9.17, 15) is 10.4 Å². The van der Waals surface area contributed by atoms with E-state index in [0.29, 0.717) is 0 Å². The molecule has 0 radical (unpaired) electrons. The highest BCUT2D eigenvalue weighted by Gasteiger charge is 2.56. The summed E-state index contributed by atoms with van der Waals surface area (Å²) >= 11 is 0. The minimum Gasteiger partial charge on any atom is -0.391 e. The molecule has 0 aromatic rings. The van der Waals surface area contributed by atoms with Crippen LogP contribution in [-0.4, -0.2) is 23.4 Å². The van der Waals surface area contributed by atoms with E-state index in [1.807, 2.05) is 0 Å². The maximum Gasteiger partial charge on any atom is 0.112 e. The Labute approximate surface area is 91.0 Å². The van der Waals surface area contributed by atoms with Gasteiger partial charge in [0.25, 0.3) is 0 Å². The summed E-state index contributed by atoms with van der Waals surface area (Å²) in [6, 6.07) is 2.34. The van der Waals surface area contributed by atoms with Gasteiger partial charge in [-0.05, 0) is 25.7 Å². The average molecular weight is 209 g/mol. The molecule has 1 N–H and O–H groups in total. The van der Waals surface area contributed by atoms with Crippen molar-refractivity contribution in [1.29, 1.82) is 5.26 Å². The second kappa shape index (κ2) is 4.11. The third kappa shape index (κ3) is 1.66. The van der Waals surface area contributed by atoms with Gasteiger partial charge in [0.1, 0.15) is 5.41 Å². The van der Waals surface area contributed by atoms with Crippen LogP contribution in [0.2, 0.25) is 0 Å². The average Bonchev–Trinajstić information content (AvgIpc) is 2.85. The molecule has 0 amide bonds. The third-order valence-corrected chi connectivity index (χ3v) is 3.88. The SMILES string of the molecule is CCCCC(O)C1(C#N)CC2CCC1O2. The molecule has 2 bridgehead atoms. The number of aliphatic hydroxyl groups is 1. The summed E-state index contributed by atoms with van der Waals surface area (Å²) in [6.07, 6.45) is 5.24. The normalized spacial score (nSPS) is 40.3. The summed E-state index contributed by atoms with van der Waals surface area (Å²) in [7, 11) is 0. The van der Waals surface area contributed by atoms with Crippen molar-refractivity contribution >= 4 is 0 Å². The Bertz CT molecular complexity index is 273. The second-order valence-electron chi connectivity index (χ2n) is 4.84. The lowest BCUT2D eigenvalue weighted by Gasteiger charge is -2.32. The van der Waals surface area contributed by atoms with E-state index in [1.54, 1.807) is 0 Å². The van der Waals surface area contributed by atoms with Gasteiger partial charge < -0.3 is 9.84 Å². The molecule has 2 aliphatic heterocycles. The monoisotopic (exact) mass is 209 g/mol. The topological polar surface area (TPSA) is 53.2 Å². The van der Waals surface area contributed by atoms with Gasteiger partial charge in [0.2, 0.25) is 0 Å². The first-order valence-electron chi connectivity index (χ1n) is 5.97. The molecule has 15 heavy (non-hydrogen) atoms. The number of hydrogen-bond donors (Lipinski definition) is 1. The van der Waals surface area contributed by atoms with Crippen LogP contribution < -0.4 is 0 Å². The number of fused-ring (bicyclic) bond motifs is 2. The van der Waals surface area contributed by atoms with Gasteiger partial charge in [-0.3, -0.25) is 0 Å². The molecule has 2 aliphatic rings. The minimum atomic E-state index is -0.599. The van der Waals surface area contributed by atoms with Crippen LogP contribution in [0.3, 0.4) is 0 Å². The molecule has 0 aliphatic carbocycles. The summed E-state index contributed by atoms with van der Waals surface area (Å²) in [5.74, 6) is 0. The molecule has 0 saturated carbocycles. The molecule has 84 valence electrons. The van der Waals surface area contributed by atoms with E-state index in [2.05, 4.69) is 13.0 Å². The molecule has 0 aromatic heterocycles. The summed E-state index contributed by atoms with van der Waals surface area (Å²) < 4.78 is 5.70. The predicted molar refractivity (Wildman–Crippen MR) is 56.1 cm³/mol. The van der Waals surface area contributed by atoms with Crippen molar-refractivity contribution in [2.75, 3.05) is 0 Å². The van der Waals surface area contributed by atoms with Gasteiger partial charge in [-0.1, -0.05) is 19.8 Å². The maximum atomic E-state index is 10.2. The van der Waals surface area contributed by atoms with Gasteiger partial charge in [-0.2, -0.15) is 5.26 Å². The van der Waals surface area contributed by atoms with Crippen LogP contribution in [-0.2, 0) is 4.74 Å². The first-order valence-corrected chi connectivity index (χ1v) is 5.97. The number of nitriles is 1.